The van der Waals surface area contributed by atoms with Crippen LogP contribution in [0.2, 0.25) is 0 Å². The van der Waals surface area contributed by atoms with Crippen LogP contribution in [0.1, 0.15) is 5.56 Å². The summed E-state index contributed by atoms with van der Waals surface area (Å²) in [5, 5.41) is 0. The van der Waals surface area contributed by atoms with Crippen molar-refractivity contribution in [2.75, 3.05) is 14.2 Å². The Morgan fingerprint density at radius 3 is 2.62 bits per heavy atom. The Kier molecular flexibility index (Phi) is 3.15. The van der Waals surface area contributed by atoms with Gasteiger partial charge in [0, 0.05) is 0 Å². The third-order valence-corrected chi connectivity index (χ3v) is 1.73. The molecule has 0 atom stereocenters. The summed E-state index contributed by atoms with van der Waals surface area (Å²) in [7, 11) is 3.16. The molecular weight excluding hydrogens is 166 g/mol. The Morgan fingerprint density at radius 2 is 2.08 bits per heavy atom. The number of hydrogen-bond donors (Lipinski definition) is 0. The van der Waals surface area contributed by atoms with Crippen LogP contribution in [0, 0.1) is 6.57 Å². The first-order valence-corrected chi connectivity index (χ1v) is 3.86. The van der Waals surface area contributed by atoms with Crippen molar-refractivity contribution in [3.05, 3.63) is 35.2 Å². The van der Waals surface area contributed by atoms with Crippen LogP contribution in [-0.2, 0) is 6.54 Å². The number of rotatable bonds is 3. The quantitative estimate of drug-likeness (QED) is 0.660. The van der Waals surface area contributed by atoms with E-state index < -0.39 is 0 Å². The Hall–Kier alpha value is -1.69. The van der Waals surface area contributed by atoms with E-state index in [9.17, 15) is 0 Å². The van der Waals surface area contributed by atoms with Gasteiger partial charge >= 0.3 is 0 Å². The van der Waals surface area contributed by atoms with Crippen molar-refractivity contribution in [2.24, 2.45) is 0 Å². The fourth-order valence-electron chi connectivity index (χ4n) is 1.16. The van der Waals surface area contributed by atoms with Crippen molar-refractivity contribution in [3.8, 4) is 11.5 Å². The topological polar surface area (TPSA) is 22.8 Å². The average Bonchev–Trinajstić information content (AvgIpc) is 2.18. The minimum atomic E-state index is 0.320. The van der Waals surface area contributed by atoms with E-state index >= 15 is 0 Å². The second-order valence-corrected chi connectivity index (χ2v) is 2.47. The predicted octanol–water partition coefficient (Wildman–Crippen LogP) is 2.12. The smallest absolute Gasteiger partial charge is 0.243 e. The zero-order valence-corrected chi connectivity index (χ0v) is 7.70. The lowest BCUT2D eigenvalue weighted by molar-refractivity contribution is 0.352. The summed E-state index contributed by atoms with van der Waals surface area (Å²) < 4.78 is 10.2. The van der Waals surface area contributed by atoms with E-state index in [-0.39, 0.29) is 0 Å². The van der Waals surface area contributed by atoms with Crippen LogP contribution >= 0.6 is 0 Å². The maximum atomic E-state index is 6.77. The highest BCUT2D eigenvalue weighted by Gasteiger charge is 2.10. The first-order chi connectivity index (χ1) is 6.33. The van der Waals surface area contributed by atoms with Crippen molar-refractivity contribution >= 4 is 0 Å². The van der Waals surface area contributed by atoms with Gasteiger partial charge in [-0.25, -0.2) is 6.57 Å². The Labute approximate surface area is 77.7 Å². The van der Waals surface area contributed by atoms with Crippen molar-refractivity contribution in [2.45, 2.75) is 6.54 Å². The predicted molar refractivity (Wildman–Crippen MR) is 49.9 cm³/mol. The van der Waals surface area contributed by atoms with E-state index in [1.54, 1.807) is 14.2 Å². The lowest BCUT2D eigenvalue weighted by atomic mass is 10.2. The van der Waals surface area contributed by atoms with Gasteiger partial charge in [0.05, 0.1) is 19.8 Å². The monoisotopic (exact) mass is 177 g/mol. The summed E-state index contributed by atoms with van der Waals surface area (Å²) >= 11 is 0. The third-order valence-electron chi connectivity index (χ3n) is 1.73. The van der Waals surface area contributed by atoms with Crippen molar-refractivity contribution in [1.82, 2.24) is 0 Å². The molecule has 0 N–H and O–H groups in total. The molecule has 3 nitrogen and oxygen atoms in total. The highest BCUT2D eigenvalue weighted by Crippen LogP contribution is 2.30. The van der Waals surface area contributed by atoms with Crippen LogP contribution in [-0.4, -0.2) is 14.2 Å². The van der Waals surface area contributed by atoms with Gasteiger partial charge in [-0.2, -0.15) is 0 Å². The van der Waals surface area contributed by atoms with Gasteiger partial charge in [0.2, 0.25) is 6.54 Å². The molecule has 1 aromatic carbocycles. The molecule has 0 aliphatic carbocycles. The van der Waals surface area contributed by atoms with E-state index in [0.29, 0.717) is 18.0 Å². The Bertz CT molecular complexity index is 328. The van der Waals surface area contributed by atoms with E-state index in [0.717, 1.165) is 5.56 Å². The zero-order valence-electron chi connectivity index (χ0n) is 7.70. The molecule has 0 aliphatic rings. The Balaban J connectivity index is 3.12. The molecular formula is C10H11NO2. The van der Waals surface area contributed by atoms with E-state index in [1.165, 1.54) is 0 Å². The molecule has 13 heavy (non-hydrogen) atoms. The fourth-order valence-corrected chi connectivity index (χ4v) is 1.16. The molecule has 0 radical (unpaired) electrons. The fraction of sp³-hybridized carbons (Fsp3) is 0.300. The van der Waals surface area contributed by atoms with Crippen LogP contribution in [0.3, 0.4) is 0 Å². The molecule has 0 saturated carbocycles. The zero-order chi connectivity index (χ0) is 9.68. The highest BCUT2D eigenvalue weighted by atomic mass is 16.5. The van der Waals surface area contributed by atoms with Crippen molar-refractivity contribution in [1.29, 1.82) is 0 Å². The summed E-state index contributed by atoms with van der Waals surface area (Å²) in [6, 6.07) is 5.52. The molecule has 1 aromatic rings. The molecule has 0 aliphatic heterocycles. The summed E-state index contributed by atoms with van der Waals surface area (Å²) in [5.41, 5.74) is 0.858. The van der Waals surface area contributed by atoms with Gasteiger partial charge in [0.25, 0.3) is 0 Å². The molecule has 0 saturated heterocycles. The molecule has 0 bridgehead atoms. The number of nitrogens with zero attached hydrogens (tertiary/aromatic N) is 1. The van der Waals surface area contributed by atoms with E-state index in [2.05, 4.69) is 4.85 Å². The van der Waals surface area contributed by atoms with Crippen LogP contribution in [0.25, 0.3) is 4.85 Å². The number of methoxy groups -OCH3 is 2. The van der Waals surface area contributed by atoms with Crippen LogP contribution in [0.4, 0.5) is 0 Å². The van der Waals surface area contributed by atoms with Gasteiger partial charge in [0.15, 0.2) is 11.5 Å². The van der Waals surface area contributed by atoms with E-state index in [1.807, 2.05) is 18.2 Å². The van der Waals surface area contributed by atoms with Gasteiger partial charge in [-0.3, -0.25) is 0 Å². The van der Waals surface area contributed by atoms with Crippen LogP contribution in [0.15, 0.2) is 18.2 Å². The van der Waals surface area contributed by atoms with Gasteiger partial charge in [0.1, 0.15) is 0 Å². The van der Waals surface area contributed by atoms with Gasteiger partial charge in [-0.1, -0.05) is 6.07 Å². The van der Waals surface area contributed by atoms with Gasteiger partial charge in [-0.05, 0) is 12.1 Å². The number of hydrogen-bond acceptors (Lipinski definition) is 2. The third kappa shape index (κ3) is 1.91. The van der Waals surface area contributed by atoms with Gasteiger partial charge < -0.3 is 14.3 Å². The van der Waals surface area contributed by atoms with Gasteiger partial charge in [-0.15, -0.1) is 0 Å². The molecule has 1 rings (SSSR count). The summed E-state index contributed by atoms with van der Waals surface area (Å²) in [6.07, 6.45) is 0. The highest BCUT2D eigenvalue weighted by molar-refractivity contribution is 5.46. The molecule has 0 amide bonds. The second-order valence-electron chi connectivity index (χ2n) is 2.47. The number of ether oxygens (including phenoxy) is 2. The molecule has 0 spiro atoms. The molecule has 0 fully saturated rings. The largest absolute Gasteiger partial charge is 0.493 e. The first-order valence-electron chi connectivity index (χ1n) is 3.86. The second kappa shape index (κ2) is 4.36. The molecule has 0 aromatic heterocycles. The van der Waals surface area contributed by atoms with Crippen LogP contribution < -0.4 is 9.47 Å². The first kappa shape index (κ1) is 9.40. The molecule has 3 heteroatoms. The summed E-state index contributed by atoms with van der Waals surface area (Å²) in [5.74, 6) is 1.32. The molecule has 68 valence electrons. The normalized spacial score (nSPS) is 9.00. The van der Waals surface area contributed by atoms with Crippen molar-refractivity contribution in [3.63, 3.8) is 0 Å². The maximum absolute atomic E-state index is 6.77. The van der Waals surface area contributed by atoms with Crippen molar-refractivity contribution < 1.29 is 9.47 Å². The minimum absolute atomic E-state index is 0.320. The SMILES string of the molecule is [C-]#[N+]Cc1cccc(OC)c1OC. The minimum Gasteiger partial charge on any atom is -0.493 e. The average molecular weight is 177 g/mol. The van der Waals surface area contributed by atoms with Crippen LogP contribution in [0.5, 0.6) is 11.5 Å². The standard InChI is InChI=1S/C10H11NO2/c1-11-7-8-5-4-6-9(12-2)10(8)13-3/h4-6H,7H2,2-3H3. The Morgan fingerprint density at radius 1 is 1.31 bits per heavy atom. The summed E-state index contributed by atoms with van der Waals surface area (Å²) in [4.78, 5) is 3.30. The van der Waals surface area contributed by atoms with E-state index in [4.69, 9.17) is 16.0 Å². The number of benzene rings is 1. The maximum Gasteiger partial charge on any atom is 0.243 e. The summed E-state index contributed by atoms with van der Waals surface area (Å²) in [6.45, 7) is 7.09. The number of para-hydroxylation sites is 1. The lowest BCUT2D eigenvalue weighted by Gasteiger charge is -2.08. The molecule has 0 unspecified atom stereocenters. The lowest BCUT2D eigenvalue weighted by Crippen LogP contribution is -1.94. The molecule has 0 heterocycles.